The van der Waals surface area contributed by atoms with E-state index in [2.05, 4.69) is 63.5 Å². The molecule has 0 aliphatic carbocycles. The molecule has 0 N–H and O–H groups in total. The molecule has 0 fully saturated rings. The van der Waals surface area contributed by atoms with Crippen molar-refractivity contribution < 1.29 is 0 Å². The van der Waals surface area contributed by atoms with Gasteiger partial charge in [-0.1, -0.05) is 20.8 Å². The lowest BCUT2D eigenvalue weighted by atomic mass is 9.84. The molecule has 2 heterocycles. The van der Waals surface area contributed by atoms with Gasteiger partial charge in [0.1, 0.15) is 5.65 Å². The van der Waals surface area contributed by atoms with Crippen LogP contribution < -0.4 is 0 Å². The highest BCUT2D eigenvalue weighted by molar-refractivity contribution is 5.85. The zero-order valence-electron chi connectivity index (χ0n) is 11.0. The Morgan fingerprint density at radius 1 is 1.19 bits per heavy atom. The largest absolute Gasteiger partial charge is 0.335 e. The summed E-state index contributed by atoms with van der Waals surface area (Å²) in [5.41, 5.74) is 5.07. The summed E-state index contributed by atoms with van der Waals surface area (Å²) in [6.07, 6.45) is 2.16. The Bertz CT molecular complexity index is 542. The quantitative estimate of drug-likeness (QED) is 0.659. The SMILES string of the molecule is Cc1cc(C(C)(C)C)c2c(C)cn(C)c2n1. The standard InChI is InChI=1S/C14H20N2/c1-9-8-16(6)13-12(9)11(14(3,4)5)7-10(2)15-13/h7-8H,1-6H3. The van der Waals surface area contributed by atoms with Crippen molar-refractivity contribution in [1.82, 2.24) is 9.55 Å². The van der Waals surface area contributed by atoms with E-state index in [-0.39, 0.29) is 5.41 Å². The molecule has 0 radical (unpaired) electrons. The van der Waals surface area contributed by atoms with E-state index >= 15 is 0 Å². The van der Waals surface area contributed by atoms with E-state index < -0.39 is 0 Å². The molecule has 0 amide bonds. The molecule has 2 heteroatoms. The molecule has 0 bridgehead atoms. The minimum absolute atomic E-state index is 0.165. The molecule has 0 aliphatic heterocycles. The number of hydrogen-bond donors (Lipinski definition) is 0. The van der Waals surface area contributed by atoms with E-state index in [9.17, 15) is 0 Å². The molecule has 86 valence electrons. The van der Waals surface area contributed by atoms with Gasteiger partial charge < -0.3 is 4.57 Å². The average molecular weight is 216 g/mol. The van der Waals surface area contributed by atoms with Gasteiger partial charge in [0.25, 0.3) is 0 Å². The minimum atomic E-state index is 0.165. The number of nitrogens with zero attached hydrogens (tertiary/aromatic N) is 2. The van der Waals surface area contributed by atoms with E-state index in [1.165, 1.54) is 16.5 Å². The summed E-state index contributed by atoms with van der Waals surface area (Å²) in [6, 6.07) is 2.22. The summed E-state index contributed by atoms with van der Waals surface area (Å²) in [7, 11) is 2.06. The summed E-state index contributed by atoms with van der Waals surface area (Å²) < 4.78 is 2.12. The van der Waals surface area contributed by atoms with Gasteiger partial charge in [0.2, 0.25) is 0 Å². The van der Waals surface area contributed by atoms with E-state index in [4.69, 9.17) is 0 Å². The molecule has 0 spiro atoms. The van der Waals surface area contributed by atoms with Crippen LogP contribution in [0.3, 0.4) is 0 Å². The molecule has 0 aromatic carbocycles. The molecule has 0 saturated carbocycles. The zero-order chi connectivity index (χ0) is 12.1. The van der Waals surface area contributed by atoms with Crippen molar-refractivity contribution >= 4 is 11.0 Å². The van der Waals surface area contributed by atoms with Gasteiger partial charge in [-0.25, -0.2) is 4.98 Å². The van der Waals surface area contributed by atoms with Crippen LogP contribution in [0.2, 0.25) is 0 Å². The summed E-state index contributed by atoms with van der Waals surface area (Å²) >= 11 is 0. The van der Waals surface area contributed by atoms with Crippen LogP contribution in [0.1, 0.15) is 37.6 Å². The maximum Gasteiger partial charge on any atom is 0.140 e. The Morgan fingerprint density at radius 3 is 2.38 bits per heavy atom. The number of aromatic nitrogens is 2. The first-order chi connectivity index (χ1) is 7.30. The summed E-state index contributed by atoms with van der Waals surface area (Å²) in [5, 5.41) is 1.32. The lowest BCUT2D eigenvalue weighted by Gasteiger charge is -2.21. The van der Waals surface area contributed by atoms with Crippen LogP contribution in [0.25, 0.3) is 11.0 Å². The van der Waals surface area contributed by atoms with Crippen molar-refractivity contribution in [3.8, 4) is 0 Å². The summed E-state index contributed by atoms with van der Waals surface area (Å²) in [4.78, 5) is 4.63. The van der Waals surface area contributed by atoms with Crippen LogP contribution in [0.15, 0.2) is 12.3 Å². The van der Waals surface area contributed by atoms with Crippen LogP contribution in [0, 0.1) is 13.8 Å². The lowest BCUT2D eigenvalue weighted by Crippen LogP contribution is -2.12. The van der Waals surface area contributed by atoms with Crippen LogP contribution in [0.5, 0.6) is 0 Å². The van der Waals surface area contributed by atoms with Gasteiger partial charge in [0.05, 0.1) is 0 Å². The highest BCUT2D eigenvalue weighted by Crippen LogP contribution is 2.32. The number of fused-ring (bicyclic) bond motifs is 1. The topological polar surface area (TPSA) is 17.8 Å². The van der Waals surface area contributed by atoms with E-state index in [1.807, 2.05) is 0 Å². The third-order valence-electron chi connectivity index (χ3n) is 3.05. The molecule has 2 nitrogen and oxygen atoms in total. The predicted molar refractivity (Wildman–Crippen MR) is 68.9 cm³/mol. The van der Waals surface area contributed by atoms with Crippen molar-refractivity contribution in [3.05, 3.63) is 29.1 Å². The first kappa shape index (κ1) is 11.2. The van der Waals surface area contributed by atoms with Gasteiger partial charge >= 0.3 is 0 Å². The third kappa shape index (κ3) is 1.62. The maximum atomic E-state index is 4.63. The zero-order valence-corrected chi connectivity index (χ0v) is 11.0. The molecule has 0 atom stereocenters. The molecule has 2 aromatic heterocycles. The second kappa shape index (κ2) is 3.34. The fraction of sp³-hybridized carbons (Fsp3) is 0.500. The van der Waals surface area contributed by atoms with Crippen molar-refractivity contribution in [1.29, 1.82) is 0 Å². The lowest BCUT2D eigenvalue weighted by molar-refractivity contribution is 0.594. The molecule has 0 unspecified atom stereocenters. The molecule has 2 rings (SSSR count). The van der Waals surface area contributed by atoms with Crippen molar-refractivity contribution in [3.63, 3.8) is 0 Å². The Kier molecular flexibility index (Phi) is 2.33. The van der Waals surface area contributed by atoms with Crippen molar-refractivity contribution in [2.75, 3.05) is 0 Å². The first-order valence-corrected chi connectivity index (χ1v) is 5.74. The van der Waals surface area contributed by atoms with E-state index in [0.717, 1.165) is 11.3 Å². The van der Waals surface area contributed by atoms with Crippen molar-refractivity contribution in [2.45, 2.75) is 40.0 Å². The Labute approximate surface area is 97.3 Å². The van der Waals surface area contributed by atoms with Gasteiger partial charge in [-0.2, -0.15) is 0 Å². The molecular weight excluding hydrogens is 196 g/mol. The third-order valence-corrected chi connectivity index (χ3v) is 3.05. The summed E-state index contributed by atoms with van der Waals surface area (Å²) in [5.74, 6) is 0. The van der Waals surface area contributed by atoms with Gasteiger partial charge in [-0.3, -0.25) is 0 Å². The number of hydrogen-bond acceptors (Lipinski definition) is 1. The monoisotopic (exact) mass is 216 g/mol. The highest BCUT2D eigenvalue weighted by atomic mass is 15.0. The minimum Gasteiger partial charge on any atom is -0.335 e. The smallest absolute Gasteiger partial charge is 0.140 e. The maximum absolute atomic E-state index is 4.63. The van der Waals surface area contributed by atoms with Gasteiger partial charge in [0, 0.05) is 24.3 Å². The molecule has 16 heavy (non-hydrogen) atoms. The van der Waals surface area contributed by atoms with Crippen LogP contribution in [0.4, 0.5) is 0 Å². The Morgan fingerprint density at radius 2 is 1.81 bits per heavy atom. The predicted octanol–water partition coefficient (Wildman–Crippen LogP) is 3.49. The molecule has 0 saturated heterocycles. The number of pyridine rings is 1. The summed E-state index contributed by atoms with van der Waals surface area (Å²) in [6.45, 7) is 11.0. The normalized spacial score (nSPS) is 12.4. The number of aryl methyl sites for hydroxylation is 3. The fourth-order valence-corrected chi connectivity index (χ4v) is 2.31. The van der Waals surface area contributed by atoms with Gasteiger partial charge in [0.15, 0.2) is 0 Å². The second-order valence-electron chi connectivity index (χ2n) is 5.68. The highest BCUT2D eigenvalue weighted by Gasteiger charge is 2.20. The van der Waals surface area contributed by atoms with E-state index in [0.29, 0.717) is 0 Å². The Balaban J connectivity index is 2.92. The van der Waals surface area contributed by atoms with Gasteiger partial charge in [-0.05, 0) is 36.5 Å². The van der Waals surface area contributed by atoms with Crippen molar-refractivity contribution in [2.24, 2.45) is 7.05 Å². The second-order valence-corrected chi connectivity index (χ2v) is 5.68. The molecule has 2 aromatic rings. The first-order valence-electron chi connectivity index (χ1n) is 5.74. The number of rotatable bonds is 0. The van der Waals surface area contributed by atoms with Crippen LogP contribution >= 0.6 is 0 Å². The van der Waals surface area contributed by atoms with Crippen LogP contribution in [-0.2, 0) is 12.5 Å². The molecular formula is C14H20N2. The average Bonchev–Trinajstić information content (AvgIpc) is 2.40. The van der Waals surface area contributed by atoms with E-state index in [1.54, 1.807) is 0 Å². The molecule has 0 aliphatic rings. The van der Waals surface area contributed by atoms with Crippen LogP contribution in [-0.4, -0.2) is 9.55 Å². The fourth-order valence-electron chi connectivity index (χ4n) is 2.31. The van der Waals surface area contributed by atoms with Gasteiger partial charge in [-0.15, -0.1) is 0 Å². The Hall–Kier alpha value is -1.31.